The molecule has 0 heterocycles. The number of rotatable bonds is 3. The Morgan fingerprint density at radius 3 is 2.00 bits per heavy atom. The van der Waals surface area contributed by atoms with Crippen LogP contribution in [0.1, 0.15) is 50.3 Å². The highest BCUT2D eigenvalue weighted by Crippen LogP contribution is 2.21. The quantitative estimate of drug-likeness (QED) is 0.727. The SMILES string of the molecule is CC(C)(C)OC(=O)NC1CC(NC(=O)C(C)(C)O)C1.[HH].[HH]. The molecule has 0 atom stereocenters. The standard InChI is InChI=1S/C13H24N2O4.2H2/c1-12(2,3)19-11(17)15-9-6-8(7-9)14-10(16)13(4,5)18;;/h8-9,18H,6-7H2,1-5H3,(H,14,16)(H,15,17);2*1H. The van der Waals surface area contributed by atoms with Gasteiger partial charge >= 0.3 is 6.09 Å². The van der Waals surface area contributed by atoms with E-state index in [1.165, 1.54) is 13.8 Å². The Labute approximate surface area is 116 Å². The molecule has 6 nitrogen and oxygen atoms in total. The highest BCUT2D eigenvalue weighted by molar-refractivity contribution is 5.84. The number of hydrogen-bond donors (Lipinski definition) is 3. The Balaban J connectivity index is 0. The van der Waals surface area contributed by atoms with Crippen LogP contribution in [0, 0.1) is 0 Å². The fraction of sp³-hybridized carbons (Fsp3) is 0.846. The van der Waals surface area contributed by atoms with E-state index in [0.717, 1.165) is 0 Å². The van der Waals surface area contributed by atoms with Crippen molar-refractivity contribution in [1.82, 2.24) is 10.6 Å². The predicted octanol–water partition coefficient (Wildman–Crippen LogP) is 1.42. The van der Waals surface area contributed by atoms with Crippen LogP contribution in [0.2, 0.25) is 0 Å². The number of aliphatic hydroxyl groups is 1. The lowest BCUT2D eigenvalue weighted by atomic mass is 9.86. The molecule has 1 fully saturated rings. The van der Waals surface area contributed by atoms with E-state index in [1.54, 1.807) is 20.8 Å². The van der Waals surface area contributed by atoms with Crippen LogP contribution in [-0.4, -0.2) is 40.4 Å². The van der Waals surface area contributed by atoms with Crippen molar-refractivity contribution >= 4 is 12.0 Å². The molecule has 1 saturated carbocycles. The van der Waals surface area contributed by atoms with E-state index in [4.69, 9.17) is 4.74 Å². The summed E-state index contributed by atoms with van der Waals surface area (Å²) in [7, 11) is 0. The van der Waals surface area contributed by atoms with Crippen LogP contribution in [0.3, 0.4) is 0 Å². The lowest BCUT2D eigenvalue weighted by Crippen LogP contribution is -2.57. The van der Waals surface area contributed by atoms with Gasteiger partial charge in [0.05, 0.1) is 0 Å². The van der Waals surface area contributed by atoms with Crippen molar-refractivity contribution in [2.75, 3.05) is 0 Å². The minimum absolute atomic E-state index is 0. The first-order valence-corrected chi connectivity index (χ1v) is 6.50. The average Bonchev–Trinajstić information content (AvgIpc) is 2.09. The molecule has 0 saturated heterocycles. The van der Waals surface area contributed by atoms with Crippen molar-refractivity contribution < 1.29 is 22.3 Å². The van der Waals surface area contributed by atoms with Gasteiger partial charge in [0.25, 0.3) is 5.91 Å². The van der Waals surface area contributed by atoms with Gasteiger partial charge in [0, 0.05) is 14.9 Å². The number of amides is 2. The first-order chi connectivity index (χ1) is 8.47. The first kappa shape index (κ1) is 15.8. The molecule has 0 aliphatic heterocycles. The lowest BCUT2D eigenvalue weighted by molar-refractivity contribution is -0.137. The highest BCUT2D eigenvalue weighted by atomic mass is 16.6. The maximum absolute atomic E-state index is 11.5. The zero-order chi connectivity index (χ0) is 14.8. The molecule has 0 aromatic rings. The summed E-state index contributed by atoms with van der Waals surface area (Å²) < 4.78 is 5.14. The van der Waals surface area contributed by atoms with E-state index in [1.807, 2.05) is 0 Å². The smallest absolute Gasteiger partial charge is 0.407 e. The van der Waals surface area contributed by atoms with E-state index in [0.29, 0.717) is 12.8 Å². The van der Waals surface area contributed by atoms with Gasteiger partial charge in [-0.05, 0) is 47.5 Å². The second-order valence-electron chi connectivity index (χ2n) is 6.54. The molecule has 0 unspecified atom stereocenters. The number of alkyl carbamates (subject to hydrolysis) is 1. The molecule has 6 heteroatoms. The van der Waals surface area contributed by atoms with Gasteiger partial charge < -0.3 is 20.5 Å². The van der Waals surface area contributed by atoms with Gasteiger partial charge in [0.15, 0.2) is 0 Å². The van der Waals surface area contributed by atoms with Gasteiger partial charge in [-0.3, -0.25) is 4.79 Å². The van der Waals surface area contributed by atoms with Crippen LogP contribution in [0.25, 0.3) is 0 Å². The Kier molecular flexibility index (Phi) is 4.45. The number of hydrogen-bond acceptors (Lipinski definition) is 4. The normalized spacial score (nSPS) is 23.3. The molecule has 1 aliphatic rings. The molecular weight excluding hydrogens is 248 g/mol. The van der Waals surface area contributed by atoms with Gasteiger partial charge in [0.1, 0.15) is 11.2 Å². The maximum Gasteiger partial charge on any atom is 0.407 e. The summed E-state index contributed by atoms with van der Waals surface area (Å²) in [6, 6.07) is 0.0146. The Hall–Kier alpha value is -1.30. The summed E-state index contributed by atoms with van der Waals surface area (Å²) in [4.78, 5) is 23.0. The third-order valence-corrected chi connectivity index (χ3v) is 2.75. The second kappa shape index (κ2) is 5.36. The van der Waals surface area contributed by atoms with Crippen molar-refractivity contribution in [2.24, 2.45) is 0 Å². The van der Waals surface area contributed by atoms with Crippen molar-refractivity contribution in [1.29, 1.82) is 0 Å². The van der Waals surface area contributed by atoms with Gasteiger partial charge in [-0.2, -0.15) is 0 Å². The summed E-state index contributed by atoms with van der Waals surface area (Å²) in [5.41, 5.74) is -1.88. The van der Waals surface area contributed by atoms with E-state index in [2.05, 4.69) is 10.6 Å². The average molecular weight is 276 g/mol. The zero-order valence-corrected chi connectivity index (χ0v) is 12.2. The Morgan fingerprint density at radius 2 is 1.58 bits per heavy atom. The highest BCUT2D eigenvalue weighted by Gasteiger charge is 2.35. The van der Waals surface area contributed by atoms with E-state index in [-0.39, 0.29) is 14.9 Å². The van der Waals surface area contributed by atoms with E-state index >= 15 is 0 Å². The van der Waals surface area contributed by atoms with Crippen LogP contribution in [-0.2, 0) is 9.53 Å². The van der Waals surface area contributed by atoms with Gasteiger partial charge in [-0.15, -0.1) is 0 Å². The largest absolute Gasteiger partial charge is 0.444 e. The number of ether oxygens (including phenoxy) is 1. The topological polar surface area (TPSA) is 87.7 Å². The molecule has 19 heavy (non-hydrogen) atoms. The lowest BCUT2D eigenvalue weighted by Gasteiger charge is -2.37. The number of carbonyl (C=O) groups is 2. The van der Waals surface area contributed by atoms with E-state index in [9.17, 15) is 14.7 Å². The number of carbonyl (C=O) groups excluding carboxylic acids is 2. The zero-order valence-electron chi connectivity index (χ0n) is 12.2. The third kappa shape index (κ3) is 5.46. The summed E-state index contributed by atoms with van der Waals surface area (Å²) in [5, 5.41) is 15.0. The molecule has 0 aromatic carbocycles. The maximum atomic E-state index is 11.5. The minimum atomic E-state index is -1.37. The first-order valence-electron chi connectivity index (χ1n) is 6.50. The van der Waals surface area contributed by atoms with Crippen molar-refractivity contribution in [3.8, 4) is 0 Å². The van der Waals surface area contributed by atoms with Crippen molar-refractivity contribution in [3.05, 3.63) is 0 Å². The minimum Gasteiger partial charge on any atom is -0.444 e. The molecule has 1 rings (SSSR count). The third-order valence-electron chi connectivity index (χ3n) is 2.75. The van der Waals surface area contributed by atoms with Crippen LogP contribution in [0.5, 0.6) is 0 Å². The fourth-order valence-corrected chi connectivity index (χ4v) is 1.69. The van der Waals surface area contributed by atoms with Crippen molar-refractivity contribution in [2.45, 2.75) is 70.7 Å². The molecule has 114 valence electrons. The summed E-state index contributed by atoms with van der Waals surface area (Å²) in [6.07, 6.45) is 0.868. The summed E-state index contributed by atoms with van der Waals surface area (Å²) in [5.74, 6) is -0.395. The molecule has 3 N–H and O–H groups in total. The number of nitrogens with one attached hydrogen (secondary N) is 2. The molecule has 0 aromatic heterocycles. The Morgan fingerprint density at radius 1 is 1.11 bits per heavy atom. The summed E-state index contributed by atoms with van der Waals surface area (Å²) in [6.45, 7) is 8.30. The monoisotopic (exact) mass is 276 g/mol. The van der Waals surface area contributed by atoms with Crippen LogP contribution in [0.15, 0.2) is 0 Å². The Bertz CT molecular complexity index is 358. The van der Waals surface area contributed by atoms with Crippen LogP contribution >= 0.6 is 0 Å². The molecule has 0 bridgehead atoms. The fourth-order valence-electron chi connectivity index (χ4n) is 1.69. The molecule has 0 radical (unpaired) electrons. The van der Waals surface area contributed by atoms with Crippen LogP contribution < -0.4 is 10.6 Å². The van der Waals surface area contributed by atoms with Crippen LogP contribution in [0.4, 0.5) is 4.79 Å². The second-order valence-corrected chi connectivity index (χ2v) is 6.54. The van der Waals surface area contributed by atoms with E-state index < -0.39 is 23.2 Å². The molecule has 0 spiro atoms. The van der Waals surface area contributed by atoms with Gasteiger partial charge in [-0.25, -0.2) is 4.79 Å². The predicted molar refractivity (Wildman–Crippen MR) is 74.8 cm³/mol. The summed E-state index contributed by atoms with van der Waals surface area (Å²) >= 11 is 0. The molecular formula is C13H28N2O4. The van der Waals surface area contributed by atoms with Gasteiger partial charge in [-0.1, -0.05) is 0 Å². The molecule has 2 amide bonds. The van der Waals surface area contributed by atoms with Crippen molar-refractivity contribution in [3.63, 3.8) is 0 Å². The molecule has 1 aliphatic carbocycles. The van der Waals surface area contributed by atoms with Gasteiger partial charge in [0.2, 0.25) is 0 Å².